The Morgan fingerprint density at radius 2 is 2.06 bits per heavy atom. The van der Waals surface area contributed by atoms with Crippen LogP contribution in [-0.2, 0) is 7.05 Å². The third kappa shape index (κ3) is 1.84. The van der Waals surface area contributed by atoms with Crippen LogP contribution in [0.3, 0.4) is 0 Å². The van der Waals surface area contributed by atoms with Crippen molar-refractivity contribution in [3.63, 3.8) is 0 Å². The van der Waals surface area contributed by atoms with Gasteiger partial charge in [0, 0.05) is 24.7 Å². The van der Waals surface area contributed by atoms with Gasteiger partial charge in [0.2, 0.25) is 4.77 Å². The van der Waals surface area contributed by atoms with Crippen LogP contribution in [0.25, 0.3) is 11.4 Å². The SMILES string of the molecule is Cn1[nH]c(-c2ccc([N+](=O)[O-])cc2)nc1=S. The number of nitrogens with one attached hydrogen (secondary N) is 1. The standard InChI is InChI=1S/C9H8N4O2S/c1-12-9(16)10-8(11-12)6-2-4-7(5-3-6)13(14)15/h2-5H,1H3,(H,10,11,16). The number of aromatic amines is 1. The van der Waals surface area contributed by atoms with E-state index in [-0.39, 0.29) is 5.69 Å². The van der Waals surface area contributed by atoms with Crippen molar-refractivity contribution in [2.24, 2.45) is 7.05 Å². The van der Waals surface area contributed by atoms with Crippen LogP contribution in [0.2, 0.25) is 0 Å². The van der Waals surface area contributed by atoms with Gasteiger partial charge in [0.1, 0.15) is 0 Å². The van der Waals surface area contributed by atoms with Gasteiger partial charge in [-0.25, -0.2) is 0 Å². The largest absolute Gasteiger partial charge is 0.279 e. The lowest BCUT2D eigenvalue weighted by Crippen LogP contribution is -1.90. The monoisotopic (exact) mass is 236 g/mol. The highest BCUT2D eigenvalue weighted by Crippen LogP contribution is 2.18. The lowest BCUT2D eigenvalue weighted by molar-refractivity contribution is -0.384. The summed E-state index contributed by atoms with van der Waals surface area (Å²) in [5, 5.41) is 13.4. The van der Waals surface area contributed by atoms with Crippen LogP contribution in [0.5, 0.6) is 0 Å². The second kappa shape index (κ2) is 3.86. The van der Waals surface area contributed by atoms with Crippen molar-refractivity contribution >= 4 is 17.9 Å². The van der Waals surface area contributed by atoms with E-state index < -0.39 is 4.92 Å². The summed E-state index contributed by atoms with van der Waals surface area (Å²) in [6, 6.07) is 6.12. The van der Waals surface area contributed by atoms with Gasteiger partial charge >= 0.3 is 0 Å². The number of hydrogen-bond donors (Lipinski definition) is 1. The number of aromatic nitrogens is 3. The van der Waals surface area contributed by atoms with Crippen molar-refractivity contribution in [1.29, 1.82) is 0 Å². The minimum absolute atomic E-state index is 0.0540. The van der Waals surface area contributed by atoms with Gasteiger partial charge in [-0.2, -0.15) is 4.98 Å². The number of nitrogens with zero attached hydrogens (tertiary/aromatic N) is 3. The van der Waals surface area contributed by atoms with Gasteiger partial charge < -0.3 is 0 Å². The molecule has 0 radical (unpaired) electrons. The van der Waals surface area contributed by atoms with Gasteiger partial charge in [-0.3, -0.25) is 19.9 Å². The van der Waals surface area contributed by atoms with E-state index in [2.05, 4.69) is 10.1 Å². The molecule has 0 amide bonds. The van der Waals surface area contributed by atoms with E-state index in [0.29, 0.717) is 10.6 Å². The van der Waals surface area contributed by atoms with Crippen LogP contribution in [0.15, 0.2) is 24.3 Å². The molecule has 0 fully saturated rings. The number of aryl methyl sites for hydroxylation is 1. The van der Waals surface area contributed by atoms with Crippen LogP contribution in [0, 0.1) is 14.9 Å². The Hall–Kier alpha value is -2.02. The second-order valence-corrected chi connectivity index (χ2v) is 3.58. The molecule has 0 bridgehead atoms. The smallest absolute Gasteiger partial charge is 0.269 e. The minimum atomic E-state index is -0.440. The molecule has 0 aliphatic carbocycles. The molecule has 0 saturated carbocycles. The summed E-state index contributed by atoms with van der Waals surface area (Å²) in [6.07, 6.45) is 0. The molecular weight excluding hydrogens is 228 g/mol. The van der Waals surface area contributed by atoms with Crippen LogP contribution in [-0.4, -0.2) is 19.7 Å². The number of H-pyrrole nitrogens is 1. The second-order valence-electron chi connectivity index (χ2n) is 3.22. The molecule has 1 heterocycles. The van der Waals surface area contributed by atoms with Crippen molar-refractivity contribution in [3.8, 4) is 11.4 Å². The molecule has 7 heteroatoms. The fraction of sp³-hybridized carbons (Fsp3) is 0.111. The predicted molar refractivity (Wildman–Crippen MR) is 60.5 cm³/mol. The number of rotatable bonds is 2. The Kier molecular flexibility index (Phi) is 2.53. The minimum Gasteiger partial charge on any atom is -0.279 e. The first-order valence-electron chi connectivity index (χ1n) is 4.46. The van der Waals surface area contributed by atoms with Crippen LogP contribution < -0.4 is 0 Å². The van der Waals surface area contributed by atoms with Gasteiger partial charge in [-0.05, 0) is 24.4 Å². The molecule has 2 aromatic rings. The van der Waals surface area contributed by atoms with Crippen molar-refractivity contribution in [2.75, 3.05) is 0 Å². The summed E-state index contributed by atoms with van der Waals surface area (Å²) in [6.45, 7) is 0. The highest BCUT2D eigenvalue weighted by Gasteiger charge is 2.07. The Morgan fingerprint density at radius 3 is 2.50 bits per heavy atom. The highest BCUT2D eigenvalue weighted by atomic mass is 32.1. The average Bonchev–Trinajstić information content (AvgIpc) is 2.59. The van der Waals surface area contributed by atoms with E-state index in [1.807, 2.05) is 0 Å². The maximum Gasteiger partial charge on any atom is 0.269 e. The Bertz CT molecular complexity index is 584. The molecular formula is C9H8N4O2S. The van der Waals surface area contributed by atoms with Gasteiger partial charge in [-0.15, -0.1) is 0 Å². The third-order valence-corrected chi connectivity index (χ3v) is 2.48. The van der Waals surface area contributed by atoms with Crippen LogP contribution >= 0.6 is 12.2 Å². The van der Waals surface area contributed by atoms with Crippen molar-refractivity contribution in [2.45, 2.75) is 0 Å². The summed E-state index contributed by atoms with van der Waals surface area (Å²) >= 11 is 4.95. The number of hydrogen-bond acceptors (Lipinski definition) is 4. The number of nitro benzene ring substituents is 1. The molecule has 0 saturated heterocycles. The maximum atomic E-state index is 10.5. The Labute approximate surface area is 95.7 Å². The molecule has 0 unspecified atom stereocenters. The number of non-ortho nitro benzene ring substituents is 1. The zero-order valence-electron chi connectivity index (χ0n) is 8.38. The Morgan fingerprint density at radius 1 is 1.44 bits per heavy atom. The summed E-state index contributed by atoms with van der Waals surface area (Å²) < 4.78 is 2.04. The summed E-state index contributed by atoms with van der Waals surface area (Å²) in [4.78, 5) is 14.1. The fourth-order valence-electron chi connectivity index (χ4n) is 1.27. The molecule has 0 atom stereocenters. The quantitative estimate of drug-likeness (QED) is 0.492. The molecule has 82 valence electrons. The van der Waals surface area contributed by atoms with E-state index in [1.165, 1.54) is 12.1 Å². The molecule has 0 aliphatic heterocycles. The van der Waals surface area contributed by atoms with Gasteiger partial charge in [0.05, 0.1) is 4.92 Å². The van der Waals surface area contributed by atoms with Crippen molar-refractivity contribution in [1.82, 2.24) is 14.8 Å². The topological polar surface area (TPSA) is 76.8 Å². The highest BCUT2D eigenvalue weighted by molar-refractivity contribution is 7.71. The maximum absolute atomic E-state index is 10.5. The van der Waals surface area contributed by atoms with E-state index >= 15 is 0 Å². The molecule has 1 aromatic heterocycles. The number of benzene rings is 1. The normalized spacial score (nSPS) is 10.3. The molecule has 0 spiro atoms. The van der Waals surface area contributed by atoms with Crippen LogP contribution in [0.4, 0.5) is 5.69 Å². The van der Waals surface area contributed by atoms with Crippen molar-refractivity contribution in [3.05, 3.63) is 39.2 Å². The molecule has 16 heavy (non-hydrogen) atoms. The molecule has 6 nitrogen and oxygen atoms in total. The molecule has 2 rings (SSSR count). The summed E-state index contributed by atoms with van der Waals surface area (Å²) in [5.74, 6) is 0.599. The van der Waals surface area contributed by atoms with Gasteiger partial charge in [0.25, 0.3) is 5.69 Å². The van der Waals surface area contributed by atoms with E-state index in [9.17, 15) is 10.1 Å². The number of nitro groups is 1. The fourth-order valence-corrected chi connectivity index (χ4v) is 1.41. The van der Waals surface area contributed by atoms with Crippen LogP contribution in [0.1, 0.15) is 0 Å². The summed E-state index contributed by atoms with van der Waals surface area (Å²) in [5.41, 5.74) is 0.815. The van der Waals surface area contributed by atoms with E-state index in [0.717, 1.165) is 5.56 Å². The van der Waals surface area contributed by atoms with Gasteiger partial charge in [0.15, 0.2) is 5.82 Å². The predicted octanol–water partition coefficient (Wildman–Crippen LogP) is 2.05. The molecule has 1 N–H and O–H groups in total. The Balaban J connectivity index is 2.42. The van der Waals surface area contributed by atoms with Gasteiger partial charge in [-0.1, -0.05) is 0 Å². The molecule has 1 aromatic carbocycles. The zero-order chi connectivity index (χ0) is 11.7. The van der Waals surface area contributed by atoms with E-state index in [4.69, 9.17) is 12.2 Å². The average molecular weight is 236 g/mol. The first-order chi connectivity index (χ1) is 7.58. The summed E-state index contributed by atoms with van der Waals surface area (Å²) in [7, 11) is 1.75. The first-order valence-corrected chi connectivity index (χ1v) is 4.86. The van der Waals surface area contributed by atoms with E-state index in [1.54, 1.807) is 23.9 Å². The van der Waals surface area contributed by atoms with Crippen molar-refractivity contribution < 1.29 is 4.92 Å². The third-order valence-electron chi connectivity index (χ3n) is 2.12. The zero-order valence-corrected chi connectivity index (χ0v) is 9.19. The first kappa shape index (κ1) is 10.5. The molecule has 0 aliphatic rings. The lowest BCUT2D eigenvalue weighted by atomic mass is 10.2. The lowest BCUT2D eigenvalue weighted by Gasteiger charge is -1.95.